The van der Waals surface area contributed by atoms with Gasteiger partial charge in [0.05, 0.1) is 0 Å². The zero-order chi connectivity index (χ0) is 14.0. The maximum absolute atomic E-state index is 5.93. The van der Waals surface area contributed by atoms with Crippen molar-refractivity contribution in [2.75, 3.05) is 43.4 Å². The first-order valence-corrected chi connectivity index (χ1v) is 7.02. The smallest absolute Gasteiger partial charge is 0.138 e. The van der Waals surface area contributed by atoms with Gasteiger partial charge in [0.1, 0.15) is 17.5 Å². The molecular formula is C14H25N5. The minimum atomic E-state index is -0.0740. The van der Waals surface area contributed by atoms with Gasteiger partial charge in [-0.15, -0.1) is 0 Å². The molecule has 0 saturated carbocycles. The van der Waals surface area contributed by atoms with Crippen molar-refractivity contribution in [3.8, 4) is 0 Å². The highest BCUT2D eigenvalue weighted by molar-refractivity contribution is 5.48. The Bertz CT molecular complexity index is 430. The zero-order valence-electron chi connectivity index (χ0n) is 12.5. The molecule has 0 radical (unpaired) electrons. The Balaban J connectivity index is 2.19. The van der Waals surface area contributed by atoms with Crippen LogP contribution >= 0.6 is 0 Å². The molecule has 5 heteroatoms. The van der Waals surface area contributed by atoms with Gasteiger partial charge in [0.15, 0.2) is 0 Å². The summed E-state index contributed by atoms with van der Waals surface area (Å²) >= 11 is 0. The molecule has 19 heavy (non-hydrogen) atoms. The van der Waals surface area contributed by atoms with E-state index in [1.54, 1.807) is 0 Å². The molecule has 2 rings (SSSR count). The molecule has 1 aromatic heterocycles. The van der Waals surface area contributed by atoms with Crippen LogP contribution in [0.4, 0.5) is 11.6 Å². The Hall–Kier alpha value is -1.36. The molecule has 0 atom stereocenters. The summed E-state index contributed by atoms with van der Waals surface area (Å²) in [4.78, 5) is 13.8. The van der Waals surface area contributed by atoms with Crippen LogP contribution in [0.2, 0.25) is 0 Å². The summed E-state index contributed by atoms with van der Waals surface area (Å²) in [6.45, 7) is 13.9. The average Bonchev–Trinajstić information content (AvgIpc) is 2.37. The lowest BCUT2D eigenvalue weighted by Gasteiger charge is -2.35. The number of hydrogen-bond donors (Lipinski definition) is 1. The van der Waals surface area contributed by atoms with Gasteiger partial charge < -0.3 is 15.5 Å². The SMILES string of the molecule is CCN1CCN(c2cc(N)nc(C(C)(C)C)n2)CC1. The van der Waals surface area contributed by atoms with Gasteiger partial charge in [-0.3, -0.25) is 0 Å². The van der Waals surface area contributed by atoms with E-state index in [2.05, 4.69) is 42.5 Å². The van der Waals surface area contributed by atoms with Crippen LogP contribution in [0.15, 0.2) is 6.07 Å². The summed E-state index contributed by atoms with van der Waals surface area (Å²) < 4.78 is 0. The molecule has 0 bridgehead atoms. The number of nitrogens with two attached hydrogens (primary N) is 1. The largest absolute Gasteiger partial charge is 0.384 e. The van der Waals surface area contributed by atoms with Gasteiger partial charge in [-0.05, 0) is 6.54 Å². The summed E-state index contributed by atoms with van der Waals surface area (Å²) in [5.41, 5.74) is 5.85. The first-order valence-electron chi connectivity index (χ1n) is 7.02. The number of rotatable bonds is 2. The van der Waals surface area contributed by atoms with Gasteiger partial charge in [-0.25, -0.2) is 9.97 Å². The molecule has 106 valence electrons. The fourth-order valence-electron chi connectivity index (χ4n) is 2.24. The molecule has 0 amide bonds. The van der Waals surface area contributed by atoms with E-state index >= 15 is 0 Å². The first kappa shape index (κ1) is 14.1. The maximum Gasteiger partial charge on any atom is 0.138 e. The van der Waals surface area contributed by atoms with E-state index in [1.807, 2.05) is 6.07 Å². The van der Waals surface area contributed by atoms with E-state index in [0.29, 0.717) is 5.82 Å². The third-order valence-electron chi connectivity index (χ3n) is 3.55. The van der Waals surface area contributed by atoms with Crippen LogP contribution in [0.3, 0.4) is 0 Å². The van der Waals surface area contributed by atoms with Crippen LogP contribution in [0.25, 0.3) is 0 Å². The van der Waals surface area contributed by atoms with E-state index in [-0.39, 0.29) is 5.41 Å². The number of nitrogens with zero attached hydrogens (tertiary/aromatic N) is 4. The second-order valence-electron chi connectivity index (χ2n) is 6.15. The molecule has 1 aliphatic heterocycles. The highest BCUT2D eigenvalue weighted by atomic mass is 15.3. The fraction of sp³-hybridized carbons (Fsp3) is 0.714. The van der Waals surface area contributed by atoms with Gasteiger partial charge in [0.25, 0.3) is 0 Å². The molecular weight excluding hydrogens is 238 g/mol. The molecule has 5 nitrogen and oxygen atoms in total. The molecule has 1 fully saturated rings. The van der Waals surface area contributed by atoms with Gasteiger partial charge in [0, 0.05) is 37.7 Å². The van der Waals surface area contributed by atoms with Crippen LogP contribution in [0, 0.1) is 0 Å². The number of likely N-dealkylation sites (N-methyl/N-ethyl adjacent to an activating group) is 1. The number of nitrogen functional groups attached to an aromatic ring is 1. The summed E-state index contributed by atoms with van der Waals surface area (Å²) in [6, 6.07) is 1.89. The van der Waals surface area contributed by atoms with Crippen molar-refractivity contribution >= 4 is 11.6 Å². The standard InChI is InChI=1S/C14H25N5/c1-5-18-6-8-19(9-7-18)12-10-11(15)16-13(17-12)14(2,3)4/h10H,5-9H2,1-4H3,(H2,15,16,17). The third kappa shape index (κ3) is 3.35. The van der Waals surface area contributed by atoms with Gasteiger partial charge in [-0.2, -0.15) is 0 Å². The van der Waals surface area contributed by atoms with E-state index in [4.69, 9.17) is 10.7 Å². The molecule has 0 aromatic carbocycles. The molecule has 1 aliphatic rings. The Morgan fingerprint density at radius 2 is 1.79 bits per heavy atom. The average molecular weight is 263 g/mol. The van der Waals surface area contributed by atoms with E-state index < -0.39 is 0 Å². The summed E-state index contributed by atoms with van der Waals surface area (Å²) in [7, 11) is 0. The van der Waals surface area contributed by atoms with Gasteiger partial charge in [-0.1, -0.05) is 27.7 Å². The topological polar surface area (TPSA) is 58.3 Å². The summed E-state index contributed by atoms with van der Waals surface area (Å²) in [6.07, 6.45) is 0. The van der Waals surface area contributed by atoms with Gasteiger partial charge >= 0.3 is 0 Å². The second kappa shape index (κ2) is 5.33. The molecule has 1 saturated heterocycles. The molecule has 0 spiro atoms. The highest BCUT2D eigenvalue weighted by Crippen LogP contribution is 2.23. The Labute approximate surface area is 115 Å². The maximum atomic E-state index is 5.93. The summed E-state index contributed by atoms with van der Waals surface area (Å²) in [5.74, 6) is 2.35. The van der Waals surface area contributed by atoms with Crippen LogP contribution in [-0.2, 0) is 5.41 Å². The molecule has 2 N–H and O–H groups in total. The first-order chi connectivity index (χ1) is 8.90. The van der Waals surface area contributed by atoms with Crippen LogP contribution in [0.1, 0.15) is 33.5 Å². The van der Waals surface area contributed by atoms with Crippen molar-refractivity contribution in [3.63, 3.8) is 0 Å². The van der Waals surface area contributed by atoms with Crippen molar-refractivity contribution in [1.29, 1.82) is 0 Å². The number of anilines is 2. The molecule has 0 aliphatic carbocycles. The number of aromatic nitrogens is 2. The number of hydrogen-bond acceptors (Lipinski definition) is 5. The zero-order valence-corrected chi connectivity index (χ0v) is 12.5. The predicted molar refractivity (Wildman–Crippen MR) is 79.5 cm³/mol. The second-order valence-corrected chi connectivity index (χ2v) is 6.15. The Morgan fingerprint density at radius 1 is 1.16 bits per heavy atom. The lowest BCUT2D eigenvalue weighted by molar-refractivity contribution is 0.270. The van der Waals surface area contributed by atoms with E-state index in [9.17, 15) is 0 Å². The lowest BCUT2D eigenvalue weighted by Crippen LogP contribution is -2.46. The van der Waals surface area contributed by atoms with Crippen molar-refractivity contribution < 1.29 is 0 Å². The Kier molecular flexibility index (Phi) is 3.94. The highest BCUT2D eigenvalue weighted by Gasteiger charge is 2.22. The van der Waals surface area contributed by atoms with E-state index in [0.717, 1.165) is 44.4 Å². The number of piperazine rings is 1. The quantitative estimate of drug-likeness (QED) is 0.876. The summed E-state index contributed by atoms with van der Waals surface area (Å²) in [5, 5.41) is 0. The van der Waals surface area contributed by atoms with Crippen molar-refractivity contribution in [2.45, 2.75) is 33.1 Å². The fourth-order valence-corrected chi connectivity index (χ4v) is 2.24. The monoisotopic (exact) mass is 263 g/mol. The van der Waals surface area contributed by atoms with Crippen LogP contribution < -0.4 is 10.6 Å². The predicted octanol–water partition coefficient (Wildman–Crippen LogP) is 1.50. The lowest BCUT2D eigenvalue weighted by atomic mass is 9.96. The van der Waals surface area contributed by atoms with Crippen molar-refractivity contribution in [1.82, 2.24) is 14.9 Å². The normalized spacial score (nSPS) is 17.8. The minimum absolute atomic E-state index is 0.0740. The molecule has 1 aromatic rings. The minimum Gasteiger partial charge on any atom is -0.384 e. The molecule has 0 unspecified atom stereocenters. The van der Waals surface area contributed by atoms with Crippen LogP contribution in [-0.4, -0.2) is 47.6 Å². The van der Waals surface area contributed by atoms with Crippen molar-refractivity contribution in [3.05, 3.63) is 11.9 Å². The Morgan fingerprint density at radius 3 is 2.32 bits per heavy atom. The van der Waals surface area contributed by atoms with Gasteiger partial charge in [0.2, 0.25) is 0 Å². The molecule has 2 heterocycles. The van der Waals surface area contributed by atoms with Crippen molar-refractivity contribution in [2.24, 2.45) is 0 Å². The van der Waals surface area contributed by atoms with E-state index in [1.165, 1.54) is 0 Å². The van der Waals surface area contributed by atoms with Crippen LogP contribution in [0.5, 0.6) is 0 Å². The third-order valence-corrected chi connectivity index (χ3v) is 3.55.